The molecule has 1 fully saturated rings. The van der Waals surface area contributed by atoms with Crippen LogP contribution in [0.15, 0.2) is 57.8 Å². The van der Waals surface area contributed by atoms with Gasteiger partial charge in [0.25, 0.3) is 10.0 Å². The van der Waals surface area contributed by atoms with Gasteiger partial charge in [0, 0.05) is 17.3 Å². The van der Waals surface area contributed by atoms with E-state index in [1.807, 2.05) is 7.05 Å². The second kappa shape index (κ2) is 9.62. The Morgan fingerprint density at radius 1 is 1.12 bits per heavy atom. The van der Waals surface area contributed by atoms with E-state index in [0.29, 0.717) is 11.3 Å². The minimum Gasteiger partial charge on any atom is -0.370 e. The largest absolute Gasteiger partial charge is 0.412 e. The van der Waals surface area contributed by atoms with E-state index < -0.39 is 22.2 Å². The summed E-state index contributed by atoms with van der Waals surface area (Å²) >= 11 is 0. The number of sulfonamides is 1. The van der Waals surface area contributed by atoms with Crippen molar-refractivity contribution in [1.29, 1.82) is 0 Å². The smallest absolute Gasteiger partial charge is 0.370 e. The van der Waals surface area contributed by atoms with Crippen molar-refractivity contribution in [1.82, 2.24) is 4.90 Å². The standard InChI is InChI=1S/C23H28F3N3O2S/c1-16-15-20(32(30,31)28-17(2)18-11-13-29(3)14-12-18)9-10-21(16)27-22(23(24,25)26)19-7-5-4-6-8-19/h4-10,15,18,22,27H,11-14H2,1-3H3/b28-17-. The maximum absolute atomic E-state index is 13.7. The quantitative estimate of drug-likeness (QED) is 0.593. The van der Waals surface area contributed by atoms with Crippen molar-refractivity contribution in [3.05, 3.63) is 59.7 Å². The van der Waals surface area contributed by atoms with Crippen LogP contribution >= 0.6 is 0 Å². The summed E-state index contributed by atoms with van der Waals surface area (Å²) < 4.78 is 70.6. The van der Waals surface area contributed by atoms with E-state index in [2.05, 4.69) is 14.6 Å². The van der Waals surface area contributed by atoms with Crippen LogP contribution in [0.25, 0.3) is 0 Å². The zero-order valence-electron chi connectivity index (χ0n) is 18.4. The highest BCUT2D eigenvalue weighted by Gasteiger charge is 2.41. The van der Waals surface area contributed by atoms with Crippen molar-refractivity contribution in [2.45, 2.75) is 43.8 Å². The molecule has 5 nitrogen and oxygen atoms in total. The first-order valence-corrected chi connectivity index (χ1v) is 11.9. The molecule has 1 atom stereocenters. The van der Waals surface area contributed by atoms with E-state index in [9.17, 15) is 21.6 Å². The van der Waals surface area contributed by atoms with Crippen molar-refractivity contribution in [3.63, 3.8) is 0 Å². The molecule has 1 saturated heterocycles. The van der Waals surface area contributed by atoms with Gasteiger partial charge in [-0.25, -0.2) is 0 Å². The number of benzene rings is 2. The fraction of sp³-hybridized carbons (Fsp3) is 0.435. The van der Waals surface area contributed by atoms with Gasteiger partial charge in [-0.1, -0.05) is 30.3 Å². The summed E-state index contributed by atoms with van der Waals surface area (Å²) in [6.07, 6.45) is -2.82. The Balaban J connectivity index is 1.83. The topological polar surface area (TPSA) is 61.8 Å². The number of anilines is 1. The van der Waals surface area contributed by atoms with Crippen LogP contribution < -0.4 is 5.32 Å². The minimum absolute atomic E-state index is 0.0314. The first-order chi connectivity index (χ1) is 15.0. The second-order valence-electron chi connectivity index (χ2n) is 8.29. The van der Waals surface area contributed by atoms with Gasteiger partial charge >= 0.3 is 6.18 Å². The molecule has 174 valence electrons. The van der Waals surface area contributed by atoms with Gasteiger partial charge in [0.05, 0.1) is 4.90 Å². The van der Waals surface area contributed by atoms with E-state index in [4.69, 9.17) is 0 Å². The molecule has 9 heteroatoms. The fourth-order valence-corrected chi connectivity index (χ4v) is 5.06. The van der Waals surface area contributed by atoms with Gasteiger partial charge in [0.15, 0.2) is 0 Å². The van der Waals surface area contributed by atoms with Crippen LogP contribution in [0.3, 0.4) is 0 Å². The van der Waals surface area contributed by atoms with Gasteiger partial charge in [0.1, 0.15) is 6.04 Å². The Hall–Kier alpha value is -2.39. The van der Waals surface area contributed by atoms with E-state index in [-0.39, 0.29) is 22.1 Å². The van der Waals surface area contributed by atoms with E-state index in [0.717, 1.165) is 25.9 Å². The number of rotatable bonds is 6. The molecule has 1 N–H and O–H groups in total. The predicted molar refractivity (Wildman–Crippen MR) is 121 cm³/mol. The molecule has 1 heterocycles. The van der Waals surface area contributed by atoms with Crippen molar-refractivity contribution >= 4 is 21.4 Å². The molecule has 2 aromatic rings. The normalized spacial score (nSPS) is 17.9. The number of hydrogen-bond donors (Lipinski definition) is 1. The van der Waals surface area contributed by atoms with Crippen LogP contribution in [0.5, 0.6) is 0 Å². The molecule has 0 amide bonds. The number of hydrogen-bond acceptors (Lipinski definition) is 4. The third-order valence-corrected chi connectivity index (χ3v) is 7.21. The summed E-state index contributed by atoms with van der Waals surface area (Å²) in [6.45, 7) is 5.08. The molecule has 1 aliphatic heterocycles. The van der Waals surface area contributed by atoms with E-state index in [1.165, 1.54) is 30.3 Å². The van der Waals surface area contributed by atoms with Gasteiger partial charge in [-0.3, -0.25) is 0 Å². The van der Waals surface area contributed by atoms with Gasteiger partial charge in [-0.05, 0) is 76.2 Å². The molecular weight excluding hydrogens is 439 g/mol. The Morgan fingerprint density at radius 3 is 2.31 bits per heavy atom. The molecule has 32 heavy (non-hydrogen) atoms. The molecule has 0 aliphatic carbocycles. The Labute approximate surface area is 187 Å². The van der Waals surface area contributed by atoms with Crippen LogP contribution in [0.4, 0.5) is 18.9 Å². The summed E-state index contributed by atoms with van der Waals surface area (Å²) in [5, 5.41) is 2.52. The maximum atomic E-state index is 13.7. The van der Waals surface area contributed by atoms with Crippen molar-refractivity contribution in [2.24, 2.45) is 10.3 Å². The number of nitrogens with one attached hydrogen (secondary N) is 1. The number of piperidine rings is 1. The van der Waals surface area contributed by atoms with Crippen molar-refractivity contribution < 1.29 is 21.6 Å². The molecule has 3 rings (SSSR count). The second-order valence-corrected chi connectivity index (χ2v) is 9.90. The molecule has 0 bridgehead atoms. The lowest BCUT2D eigenvalue weighted by Crippen LogP contribution is -2.33. The number of aryl methyl sites for hydroxylation is 1. The van der Waals surface area contributed by atoms with Gasteiger partial charge in [0.2, 0.25) is 0 Å². The summed E-state index contributed by atoms with van der Waals surface area (Å²) in [6, 6.07) is 9.66. The Morgan fingerprint density at radius 2 is 1.75 bits per heavy atom. The lowest BCUT2D eigenvalue weighted by atomic mass is 9.93. The van der Waals surface area contributed by atoms with Gasteiger partial charge in [-0.2, -0.15) is 26.0 Å². The lowest BCUT2D eigenvalue weighted by molar-refractivity contribution is -0.144. The summed E-state index contributed by atoms with van der Waals surface area (Å²) in [5.41, 5.74) is 1.25. The third kappa shape index (κ3) is 5.89. The van der Waals surface area contributed by atoms with Crippen LogP contribution in [0.1, 0.15) is 36.9 Å². The minimum atomic E-state index is -4.52. The lowest BCUT2D eigenvalue weighted by Gasteiger charge is -2.28. The van der Waals surface area contributed by atoms with Crippen molar-refractivity contribution in [2.75, 3.05) is 25.5 Å². The number of halogens is 3. The first-order valence-electron chi connectivity index (χ1n) is 10.5. The monoisotopic (exact) mass is 467 g/mol. The van der Waals surface area contributed by atoms with Crippen LogP contribution in [0, 0.1) is 12.8 Å². The van der Waals surface area contributed by atoms with E-state index >= 15 is 0 Å². The Kier molecular flexibility index (Phi) is 7.29. The number of likely N-dealkylation sites (tertiary alicyclic amines) is 1. The highest BCUT2D eigenvalue weighted by atomic mass is 32.2. The zero-order valence-corrected chi connectivity index (χ0v) is 19.2. The first kappa shape index (κ1) is 24.3. The molecule has 2 aromatic carbocycles. The molecule has 0 aromatic heterocycles. The highest BCUT2D eigenvalue weighted by molar-refractivity contribution is 7.90. The van der Waals surface area contributed by atoms with Crippen LogP contribution in [-0.2, 0) is 10.0 Å². The zero-order chi connectivity index (χ0) is 23.5. The highest BCUT2D eigenvalue weighted by Crippen LogP contribution is 2.36. The predicted octanol–water partition coefficient (Wildman–Crippen LogP) is 5.20. The third-order valence-electron chi connectivity index (χ3n) is 5.83. The SMILES string of the molecule is C/C(=N/S(=O)(=O)c1ccc(NC(c2ccccc2)C(F)(F)F)c(C)c1)C1CCN(C)CC1. The van der Waals surface area contributed by atoms with Crippen LogP contribution in [-0.4, -0.2) is 45.3 Å². The molecule has 0 saturated carbocycles. The molecule has 0 radical (unpaired) electrons. The summed E-state index contributed by atoms with van der Waals surface area (Å²) in [4.78, 5) is 2.16. The number of alkyl halides is 3. The molecule has 0 spiro atoms. The van der Waals surface area contributed by atoms with Crippen molar-refractivity contribution in [3.8, 4) is 0 Å². The Bertz CT molecular complexity index is 1060. The maximum Gasteiger partial charge on any atom is 0.412 e. The molecular formula is C23H28F3N3O2S. The average Bonchev–Trinajstić information content (AvgIpc) is 2.72. The molecule has 1 aliphatic rings. The summed E-state index contributed by atoms with van der Waals surface area (Å²) in [7, 11) is -1.92. The number of nitrogens with zero attached hydrogens (tertiary/aromatic N) is 2. The van der Waals surface area contributed by atoms with Gasteiger partial charge < -0.3 is 10.2 Å². The average molecular weight is 468 g/mol. The fourth-order valence-electron chi connectivity index (χ4n) is 3.86. The molecule has 1 unspecified atom stereocenters. The van der Waals surface area contributed by atoms with Crippen LogP contribution in [0.2, 0.25) is 0 Å². The van der Waals surface area contributed by atoms with E-state index in [1.54, 1.807) is 32.0 Å². The van der Waals surface area contributed by atoms with Gasteiger partial charge in [-0.15, -0.1) is 0 Å². The summed E-state index contributed by atoms with van der Waals surface area (Å²) in [5.74, 6) is 0.112.